The number of benzene rings is 1. The van der Waals surface area contributed by atoms with Crippen molar-refractivity contribution in [1.82, 2.24) is 5.32 Å². The number of ether oxygens (including phenoxy) is 1. The van der Waals surface area contributed by atoms with Gasteiger partial charge in [-0.25, -0.2) is 8.42 Å². The molecule has 7 nitrogen and oxygen atoms in total. The van der Waals surface area contributed by atoms with Gasteiger partial charge in [0.2, 0.25) is 10.0 Å². The fourth-order valence-electron chi connectivity index (χ4n) is 1.98. The van der Waals surface area contributed by atoms with Crippen LogP contribution in [-0.2, 0) is 24.3 Å². The molecular weight excluding hydrogens is 356 g/mol. The lowest BCUT2D eigenvalue weighted by molar-refractivity contribution is -0.153. The van der Waals surface area contributed by atoms with Crippen LogP contribution >= 0.6 is 11.6 Å². The number of hydrogen-bond acceptors (Lipinski definition) is 5. The number of hydrogen-bond donors (Lipinski definition) is 1. The zero-order valence-corrected chi connectivity index (χ0v) is 14.9. The zero-order chi connectivity index (χ0) is 17.9. The van der Waals surface area contributed by atoms with Gasteiger partial charge in [-0.15, -0.1) is 0 Å². The molecule has 24 heavy (non-hydrogen) atoms. The number of sulfonamides is 1. The molecule has 1 atom stereocenters. The molecule has 0 aromatic heterocycles. The lowest BCUT2D eigenvalue weighted by Crippen LogP contribution is -2.41. The normalized spacial score (nSPS) is 15.5. The summed E-state index contributed by atoms with van der Waals surface area (Å²) in [4.78, 5) is 23.8. The lowest BCUT2D eigenvalue weighted by atomic mass is 10.3. The van der Waals surface area contributed by atoms with Crippen LogP contribution in [0.1, 0.15) is 19.8 Å². The van der Waals surface area contributed by atoms with E-state index in [2.05, 4.69) is 5.32 Å². The minimum atomic E-state index is -3.72. The molecule has 1 N–H and O–H groups in total. The number of carbonyl (C=O) groups is 2. The quantitative estimate of drug-likeness (QED) is 0.726. The lowest BCUT2D eigenvalue weighted by Gasteiger charge is -2.22. The largest absolute Gasteiger partial charge is 0.451 e. The first-order chi connectivity index (χ1) is 11.2. The fourth-order valence-corrected chi connectivity index (χ4v) is 3.00. The fraction of sp³-hybridized carbons (Fsp3) is 0.467. The average molecular weight is 375 g/mol. The van der Waals surface area contributed by atoms with Crippen molar-refractivity contribution in [3.05, 3.63) is 29.3 Å². The van der Waals surface area contributed by atoms with Gasteiger partial charge in [0.15, 0.2) is 6.10 Å². The summed E-state index contributed by atoms with van der Waals surface area (Å²) in [6, 6.07) is 6.27. The SMILES string of the molecule is C[C@H](OC(=O)CN(c1cccc(Cl)c1)S(C)(=O)=O)C(=O)NC1CC1. The highest BCUT2D eigenvalue weighted by molar-refractivity contribution is 7.92. The maximum absolute atomic E-state index is 12.0. The number of carbonyl (C=O) groups excluding carboxylic acids is 2. The van der Waals surface area contributed by atoms with Crippen LogP contribution in [0.5, 0.6) is 0 Å². The van der Waals surface area contributed by atoms with E-state index in [0.717, 1.165) is 23.4 Å². The number of halogens is 1. The number of anilines is 1. The first kappa shape index (κ1) is 18.5. The van der Waals surface area contributed by atoms with E-state index in [1.807, 2.05) is 0 Å². The van der Waals surface area contributed by atoms with Gasteiger partial charge in [-0.3, -0.25) is 13.9 Å². The molecule has 1 aliphatic rings. The van der Waals surface area contributed by atoms with Crippen molar-refractivity contribution in [1.29, 1.82) is 0 Å². The van der Waals surface area contributed by atoms with Crippen LogP contribution in [-0.4, -0.2) is 45.2 Å². The van der Waals surface area contributed by atoms with Gasteiger partial charge in [-0.2, -0.15) is 0 Å². The molecule has 0 aliphatic heterocycles. The van der Waals surface area contributed by atoms with Crippen LogP contribution < -0.4 is 9.62 Å². The Balaban J connectivity index is 2.03. The molecule has 1 fully saturated rings. The van der Waals surface area contributed by atoms with Crippen molar-refractivity contribution in [3.8, 4) is 0 Å². The van der Waals surface area contributed by atoms with Crippen molar-refractivity contribution in [2.24, 2.45) is 0 Å². The van der Waals surface area contributed by atoms with Crippen LogP contribution in [0.15, 0.2) is 24.3 Å². The van der Waals surface area contributed by atoms with Crippen LogP contribution in [0.25, 0.3) is 0 Å². The van der Waals surface area contributed by atoms with Crippen LogP contribution in [0, 0.1) is 0 Å². The molecule has 9 heteroatoms. The van der Waals surface area contributed by atoms with Gasteiger partial charge < -0.3 is 10.1 Å². The monoisotopic (exact) mass is 374 g/mol. The Hall–Kier alpha value is -1.80. The minimum Gasteiger partial charge on any atom is -0.451 e. The molecule has 132 valence electrons. The summed E-state index contributed by atoms with van der Waals surface area (Å²) in [6.07, 6.45) is 1.83. The molecule has 0 heterocycles. The predicted octanol–water partition coefficient (Wildman–Crippen LogP) is 1.32. The van der Waals surface area contributed by atoms with E-state index in [-0.39, 0.29) is 17.6 Å². The maximum atomic E-state index is 12.0. The van der Waals surface area contributed by atoms with Gasteiger partial charge in [0.1, 0.15) is 6.54 Å². The summed E-state index contributed by atoms with van der Waals surface area (Å²) in [5.41, 5.74) is 0.247. The highest BCUT2D eigenvalue weighted by Gasteiger charge is 2.28. The second-order valence-corrected chi connectivity index (χ2v) is 8.01. The van der Waals surface area contributed by atoms with Crippen molar-refractivity contribution >= 4 is 39.2 Å². The van der Waals surface area contributed by atoms with Gasteiger partial charge in [0.05, 0.1) is 11.9 Å². The van der Waals surface area contributed by atoms with Gasteiger partial charge >= 0.3 is 5.97 Å². The number of nitrogens with zero attached hydrogens (tertiary/aromatic N) is 1. The topological polar surface area (TPSA) is 92.8 Å². The second kappa shape index (κ2) is 7.40. The number of amides is 1. The summed E-state index contributed by atoms with van der Waals surface area (Å²) < 4.78 is 29.8. The second-order valence-electron chi connectivity index (χ2n) is 5.66. The smallest absolute Gasteiger partial charge is 0.327 e. The molecule has 0 unspecified atom stereocenters. The zero-order valence-electron chi connectivity index (χ0n) is 13.4. The molecule has 0 saturated heterocycles. The Labute approximate surface area is 146 Å². The molecule has 0 bridgehead atoms. The van der Waals surface area contributed by atoms with Crippen LogP contribution in [0.3, 0.4) is 0 Å². The molecule has 0 spiro atoms. The van der Waals surface area contributed by atoms with E-state index in [0.29, 0.717) is 5.02 Å². The van der Waals surface area contributed by atoms with Crippen LogP contribution in [0.2, 0.25) is 5.02 Å². The Morgan fingerprint density at radius 2 is 2.08 bits per heavy atom. The van der Waals surface area contributed by atoms with Gasteiger partial charge in [-0.05, 0) is 38.0 Å². The van der Waals surface area contributed by atoms with E-state index in [1.165, 1.54) is 19.1 Å². The summed E-state index contributed by atoms with van der Waals surface area (Å²) >= 11 is 5.87. The van der Waals surface area contributed by atoms with Gasteiger partial charge in [0, 0.05) is 11.1 Å². The predicted molar refractivity (Wildman–Crippen MR) is 90.4 cm³/mol. The average Bonchev–Trinajstić information content (AvgIpc) is 3.27. The molecule has 0 radical (unpaired) electrons. The third-order valence-corrected chi connectivity index (χ3v) is 4.75. The van der Waals surface area contributed by atoms with Gasteiger partial charge in [-0.1, -0.05) is 17.7 Å². The first-order valence-electron chi connectivity index (χ1n) is 7.40. The Kier molecular flexibility index (Phi) is 5.71. The highest BCUT2D eigenvalue weighted by atomic mass is 35.5. The molecule has 1 aromatic carbocycles. The number of nitrogens with one attached hydrogen (secondary N) is 1. The highest BCUT2D eigenvalue weighted by Crippen LogP contribution is 2.22. The van der Waals surface area contributed by atoms with E-state index in [1.54, 1.807) is 12.1 Å². The number of esters is 1. The molecule has 1 aliphatic carbocycles. The summed E-state index contributed by atoms with van der Waals surface area (Å²) in [7, 11) is -3.72. The van der Waals surface area contributed by atoms with E-state index < -0.39 is 28.6 Å². The van der Waals surface area contributed by atoms with Crippen molar-refractivity contribution in [3.63, 3.8) is 0 Å². The third-order valence-electron chi connectivity index (χ3n) is 3.37. The van der Waals surface area contributed by atoms with Crippen molar-refractivity contribution in [2.45, 2.75) is 31.9 Å². The molecule has 1 amide bonds. The Morgan fingerprint density at radius 3 is 2.62 bits per heavy atom. The maximum Gasteiger partial charge on any atom is 0.327 e. The van der Waals surface area contributed by atoms with Crippen LogP contribution in [0.4, 0.5) is 5.69 Å². The standard InChI is InChI=1S/C15H19ClN2O5S/c1-10(15(20)17-12-6-7-12)23-14(19)9-18(24(2,21)22)13-5-3-4-11(16)8-13/h3-5,8,10,12H,6-7,9H2,1-2H3,(H,17,20)/t10-/m0/s1. The van der Waals surface area contributed by atoms with Crippen molar-refractivity contribution in [2.75, 3.05) is 17.1 Å². The van der Waals surface area contributed by atoms with E-state index >= 15 is 0 Å². The first-order valence-corrected chi connectivity index (χ1v) is 9.62. The molecular formula is C15H19ClN2O5S. The molecule has 1 saturated carbocycles. The van der Waals surface area contributed by atoms with E-state index in [9.17, 15) is 18.0 Å². The number of rotatable bonds is 7. The van der Waals surface area contributed by atoms with E-state index in [4.69, 9.17) is 16.3 Å². The summed E-state index contributed by atoms with van der Waals surface area (Å²) in [6.45, 7) is 0.903. The minimum absolute atomic E-state index is 0.151. The third kappa shape index (κ3) is 5.38. The Bertz CT molecular complexity index is 733. The molecule has 2 rings (SSSR count). The molecule has 1 aromatic rings. The summed E-state index contributed by atoms with van der Waals surface area (Å²) in [5.74, 6) is -1.21. The van der Waals surface area contributed by atoms with Crippen molar-refractivity contribution < 1.29 is 22.7 Å². The Morgan fingerprint density at radius 1 is 1.42 bits per heavy atom. The summed E-state index contributed by atoms with van der Waals surface area (Å²) in [5, 5.41) is 3.06. The van der Waals surface area contributed by atoms with Gasteiger partial charge in [0.25, 0.3) is 5.91 Å².